The highest BCUT2D eigenvalue weighted by molar-refractivity contribution is 5.77. The molecule has 1 aromatic heterocycles. The molecule has 0 aliphatic carbocycles. The van der Waals surface area contributed by atoms with Crippen molar-refractivity contribution in [1.29, 1.82) is 0 Å². The van der Waals surface area contributed by atoms with Crippen LogP contribution in [0, 0.1) is 0 Å². The molecule has 1 amide bonds. The second-order valence-electron chi connectivity index (χ2n) is 5.87. The molecule has 1 aromatic carbocycles. The number of methoxy groups -OCH3 is 1. The van der Waals surface area contributed by atoms with Gasteiger partial charge in [-0.25, -0.2) is 0 Å². The van der Waals surface area contributed by atoms with E-state index in [1.807, 2.05) is 12.1 Å². The monoisotopic (exact) mass is 342 g/mol. The highest BCUT2D eigenvalue weighted by Gasteiger charge is 2.25. The molecule has 1 saturated heterocycles. The van der Waals surface area contributed by atoms with Gasteiger partial charge >= 0.3 is 0 Å². The Balaban J connectivity index is 1.49. The van der Waals surface area contributed by atoms with E-state index in [0.29, 0.717) is 12.3 Å². The second kappa shape index (κ2) is 8.37. The number of hydrogen-bond acceptors (Lipinski definition) is 5. The van der Waals surface area contributed by atoms with Crippen LogP contribution in [0.4, 0.5) is 0 Å². The lowest BCUT2D eigenvalue weighted by Crippen LogP contribution is -2.46. The normalized spacial score (nSPS) is 17.0. The maximum Gasteiger partial charge on any atom is 0.260 e. The zero-order valence-corrected chi connectivity index (χ0v) is 14.3. The molecule has 0 N–H and O–H groups in total. The summed E-state index contributed by atoms with van der Waals surface area (Å²) in [6, 6.07) is 10.8. The van der Waals surface area contributed by atoms with Crippen LogP contribution in [-0.2, 0) is 4.79 Å². The number of hydrogen-bond donors (Lipinski definition) is 0. The Hall–Kier alpha value is -2.76. The zero-order chi connectivity index (χ0) is 17.5. The quantitative estimate of drug-likeness (QED) is 0.807. The molecule has 0 saturated carbocycles. The largest absolute Gasteiger partial charge is 0.497 e. The van der Waals surface area contributed by atoms with Crippen LogP contribution in [0.25, 0.3) is 0 Å². The molecular weight excluding hydrogens is 320 g/mol. The molecule has 6 heteroatoms. The van der Waals surface area contributed by atoms with E-state index >= 15 is 0 Å². The van der Waals surface area contributed by atoms with Crippen LogP contribution in [0.15, 0.2) is 48.8 Å². The number of benzene rings is 1. The summed E-state index contributed by atoms with van der Waals surface area (Å²) in [5.41, 5.74) is 0. The molecule has 25 heavy (non-hydrogen) atoms. The molecule has 0 bridgehead atoms. The number of amides is 1. The van der Waals surface area contributed by atoms with Crippen LogP contribution in [0.2, 0.25) is 0 Å². The number of likely N-dealkylation sites (tertiary alicyclic amines) is 1. The van der Waals surface area contributed by atoms with Gasteiger partial charge in [0.15, 0.2) is 6.61 Å². The van der Waals surface area contributed by atoms with Crippen molar-refractivity contribution in [3.63, 3.8) is 0 Å². The van der Waals surface area contributed by atoms with Crippen LogP contribution in [-0.4, -0.2) is 48.7 Å². The summed E-state index contributed by atoms with van der Waals surface area (Å²) in [4.78, 5) is 18.2. The van der Waals surface area contributed by atoms with Crippen molar-refractivity contribution >= 4 is 5.91 Å². The molecule has 1 aliphatic heterocycles. The Morgan fingerprint density at radius 1 is 1.12 bits per heavy atom. The topological polar surface area (TPSA) is 60.9 Å². The summed E-state index contributed by atoms with van der Waals surface area (Å²) in [6.07, 6.45) is 5.25. The molecule has 1 aliphatic rings. The van der Waals surface area contributed by atoms with Gasteiger partial charge in [0, 0.05) is 18.9 Å². The third-order valence-corrected chi connectivity index (χ3v) is 4.11. The summed E-state index contributed by atoms with van der Waals surface area (Å²) in [5.74, 6) is 2.16. The van der Waals surface area contributed by atoms with Gasteiger partial charge in [-0.05, 0) is 49.2 Å². The van der Waals surface area contributed by atoms with E-state index in [1.54, 1.807) is 48.7 Å². The fourth-order valence-electron chi connectivity index (χ4n) is 2.78. The summed E-state index contributed by atoms with van der Waals surface area (Å²) in [7, 11) is 1.61. The molecule has 2 heterocycles. The van der Waals surface area contributed by atoms with Gasteiger partial charge < -0.3 is 19.1 Å². The molecule has 132 valence electrons. The predicted octanol–water partition coefficient (Wildman–Crippen LogP) is 2.54. The Labute approximate surface area is 147 Å². The van der Waals surface area contributed by atoms with E-state index in [0.717, 1.165) is 30.9 Å². The molecule has 0 radical (unpaired) electrons. The molecule has 1 unspecified atom stereocenters. The van der Waals surface area contributed by atoms with Crippen molar-refractivity contribution in [1.82, 2.24) is 9.88 Å². The first-order chi connectivity index (χ1) is 12.2. The van der Waals surface area contributed by atoms with E-state index in [4.69, 9.17) is 14.2 Å². The van der Waals surface area contributed by atoms with Gasteiger partial charge in [-0.15, -0.1) is 0 Å². The first-order valence-electron chi connectivity index (χ1n) is 8.36. The first-order valence-corrected chi connectivity index (χ1v) is 8.36. The van der Waals surface area contributed by atoms with Crippen molar-refractivity contribution in [2.45, 2.75) is 18.9 Å². The van der Waals surface area contributed by atoms with E-state index in [9.17, 15) is 4.79 Å². The van der Waals surface area contributed by atoms with Gasteiger partial charge in [0.2, 0.25) is 0 Å². The number of pyridine rings is 1. The second-order valence-corrected chi connectivity index (χ2v) is 5.87. The highest BCUT2D eigenvalue weighted by atomic mass is 16.5. The Bertz CT molecular complexity index is 676. The van der Waals surface area contributed by atoms with Crippen molar-refractivity contribution in [2.75, 3.05) is 26.8 Å². The molecule has 3 rings (SSSR count). The van der Waals surface area contributed by atoms with Crippen LogP contribution in [0.1, 0.15) is 12.8 Å². The number of aromatic nitrogens is 1. The fourth-order valence-corrected chi connectivity index (χ4v) is 2.78. The molecule has 0 spiro atoms. The van der Waals surface area contributed by atoms with E-state index < -0.39 is 0 Å². The summed E-state index contributed by atoms with van der Waals surface area (Å²) in [6.45, 7) is 1.34. The summed E-state index contributed by atoms with van der Waals surface area (Å²) >= 11 is 0. The van der Waals surface area contributed by atoms with Crippen molar-refractivity contribution < 1.29 is 19.0 Å². The minimum absolute atomic E-state index is 0.00101. The van der Waals surface area contributed by atoms with Gasteiger partial charge in [0.25, 0.3) is 5.91 Å². The van der Waals surface area contributed by atoms with Crippen LogP contribution in [0.3, 0.4) is 0 Å². The van der Waals surface area contributed by atoms with Crippen LogP contribution in [0.5, 0.6) is 17.2 Å². The van der Waals surface area contributed by atoms with Gasteiger partial charge in [-0.1, -0.05) is 0 Å². The number of nitrogens with zero attached hydrogens (tertiary/aromatic N) is 2. The van der Waals surface area contributed by atoms with E-state index in [-0.39, 0.29) is 18.6 Å². The van der Waals surface area contributed by atoms with E-state index in [1.165, 1.54) is 0 Å². The maximum absolute atomic E-state index is 12.4. The van der Waals surface area contributed by atoms with Crippen molar-refractivity contribution in [2.24, 2.45) is 0 Å². The lowest BCUT2D eigenvalue weighted by Gasteiger charge is -2.32. The lowest BCUT2D eigenvalue weighted by molar-refractivity contribution is -0.136. The smallest absolute Gasteiger partial charge is 0.260 e. The Morgan fingerprint density at radius 3 is 2.56 bits per heavy atom. The van der Waals surface area contributed by atoms with Gasteiger partial charge in [0.1, 0.15) is 23.4 Å². The number of rotatable bonds is 6. The van der Waals surface area contributed by atoms with Crippen molar-refractivity contribution in [3.05, 3.63) is 48.8 Å². The standard InChI is InChI=1S/C19H22N2O4/c1-23-15-4-6-16(7-5-15)24-14-19(22)21-12-2-3-18(13-21)25-17-8-10-20-11-9-17/h4-11,18H,2-3,12-14H2,1H3. The first kappa shape index (κ1) is 17.1. The minimum Gasteiger partial charge on any atom is -0.497 e. The number of ether oxygens (including phenoxy) is 3. The average Bonchev–Trinajstić information content (AvgIpc) is 2.67. The average molecular weight is 342 g/mol. The fraction of sp³-hybridized carbons (Fsp3) is 0.368. The molecule has 1 fully saturated rings. The third-order valence-electron chi connectivity index (χ3n) is 4.11. The number of carbonyl (C=O) groups is 1. The predicted molar refractivity (Wildman–Crippen MR) is 93.0 cm³/mol. The number of piperidine rings is 1. The summed E-state index contributed by atoms with van der Waals surface area (Å²) < 4.78 is 16.6. The number of carbonyl (C=O) groups excluding carboxylic acids is 1. The Morgan fingerprint density at radius 2 is 1.84 bits per heavy atom. The van der Waals surface area contributed by atoms with E-state index in [2.05, 4.69) is 4.98 Å². The van der Waals surface area contributed by atoms with Gasteiger partial charge in [-0.2, -0.15) is 0 Å². The Kier molecular flexibility index (Phi) is 5.72. The molecule has 6 nitrogen and oxygen atoms in total. The molecule has 1 atom stereocenters. The zero-order valence-electron chi connectivity index (χ0n) is 14.3. The van der Waals surface area contributed by atoms with Crippen LogP contribution >= 0.6 is 0 Å². The van der Waals surface area contributed by atoms with Gasteiger partial charge in [0.05, 0.1) is 13.7 Å². The minimum atomic E-state index is -0.0288. The SMILES string of the molecule is COc1ccc(OCC(=O)N2CCCC(Oc3ccncc3)C2)cc1. The van der Waals surface area contributed by atoms with Crippen molar-refractivity contribution in [3.8, 4) is 17.2 Å². The molecular formula is C19H22N2O4. The third kappa shape index (κ3) is 4.86. The molecule has 2 aromatic rings. The van der Waals surface area contributed by atoms with Gasteiger partial charge in [-0.3, -0.25) is 9.78 Å². The highest BCUT2D eigenvalue weighted by Crippen LogP contribution is 2.19. The van der Waals surface area contributed by atoms with Crippen LogP contribution < -0.4 is 14.2 Å². The maximum atomic E-state index is 12.4. The lowest BCUT2D eigenvalue weighted by atomic mass is 10.1. The summed E-state index contributed by atoms with van der Waals surface area (Å²) in [5, 5.41) is 0.